The Hall–Kier alpha value is -4.97. The predicted molar refractivity (Wildman–Crippen MR) is 173 cm³/mol. The van der Waals surface area contributed by atoms with E-state index < -0.39 is 60.2 Å². The summed E-state index contributed by atoms with van der Waals surface area (Å²) in [6, 6.07) is 18.4. The Morgan fingerprint density at radius 2 is 1.52 bits per heavy atom. The molecule has 0 fully saturated rings. The van der Waals surface area contributed by atoms with Gasteiger partial charge in [0.05, 0.1) is 25.8 Å². The molecule has 6 N–H and O–H groups in total. The summed E-state index contributed by atoms with van der Waals surface area (Å²) in [7, 11) is 1.22. The van der Waals surface area contributed by atoms with Crippen LogP contribution >= 0.6 is 0 Å². The molecule has 12 heteroatoms. The Morgan fingerprint density at radius 3 is 2.11 bits per heavy atom. The zero-order chi connectivity index (χ0) is 33.7. The highest BCUT2D eigenvalue weighted by molar-refractivity contribution is 5.86. The van der Waals surface area contributed by atoms with Crippen molar-refractivity contribution in [2.45, 2.75) is 64.3 Å². The number of aromatic nitrogens is 1. The highest BCUT2D eigenvalue weighted by atomic mass is 16.5. The number of hydrogen-bond donors (Lipinski definition) is 6. The maximum Gasteiger partial charge on any atom is 0.407 e. The van der Waals surface area contributed by atoms with E-state index >= 15 is 0 Å². The number of ether oxygens (including phenoxy) is 1. The molecule has 12 nitrogen and oxygen atoms in total. The quantitative estimate of drug-likeness (QED) is 0.157. The van der Waals surface area contributed by atoms with Gasteiger partial charge in [-0.1, -0.05) is 81.4 Å². The number of amides is 4. The molecule has 0 spiro atoms. The van der Waals surface area contributed by atoms with Gasteiger partial charge >= 0.3 is 12.2 Å². The first kappa shape index (κ1) is 35.5. The minimum absolute atomic E-state index is 0.0370. The van der Waals surface area contributed by atoms with Gasteiger partial charge in [-0.05, 0) is 53.0 Å². The molecule has 0 saturated heterocycles. The molecule has 1 heterocycles. The predicted octanol–water partition coefficient (Wildman–Crippen LogP) is 3.29. The van der Waals surface area contributed by atoms with E-state index in [0.29, 0.717) is 6.42 Å². The van der Waals surface area contributed by atoms with E-state index in [1.165, 1.54) is 7.11 Å². The molecule has 0 aliphatic heterocycles. The van der Waals surface area contributed by atoms with Crippen LogP contribution in [0.4, 0.5) is 9.59 Å². The summed E-state index contributed by atoms with van der Waals surface area (Å²) in [5, 5.41) is 30.8. The first-order valence-corrected chi connectivity index (χ1v) is 15.0. The van der Waals surface area contributed by atoms with Crippen molar-refractivity contribution >= 4 is 24.0 Å². The van der Waals surface area contributed by atoms with Crippen LogP contribution in [-0.4, -0.2) is 77.1 Å². The number of nitrogens with zero attached hydrogens (tertiary/aromatic N) is 1. The highest BCUT2D eigenvalue weighted by Crippen LogP contribution is 2.22. The minimum atomic E-state index is -1.35. The first-order chi connectivity index (χ1) is 21.8. The molecule has 3 aromatic rings. The second-order valence-corrected chi connectivity index (χ2v) is 12.1. The number of carboxylic acid groups (broad SMARTS) is 1. The number of nitrogens with one attached hydrogen (secondary N) is 4. The number of aliphatic hydroxyl groups is 1. The van der Waals surface area contributed by atoms with Gasteiger partial charge in [0.15, 0.2) is 0 Å². The normalized spacial score (nSPS) is 13.8. The average Bonchev–Trinajstić information content (AvgIpc) is 3.02. The number of carbonyl (C=O) groups is 4. The second kappa shape index (κ2) is 16.9. The van der Waals surface area contributed by atoms with Gasteiger partial charge in [0, 0.05) is 18.4 Å². The molecule has 4 atom stereocenters. The molecule has 1 aromatic heterocycles. The average molecular weight is 634 g/mol. The Kier molecular flexibility index (Phi) is 13.1. The van der Waals surface area contributed by atoms with E-state index in [-0.39, 0.29) is 12.8 Å². The van der Waals surface area contributed by atoms with Crippen molar-refractivity contribution in [2.24, 2.45) is 5.41 Å². The van der Waals surface area contributed by atoms with Crippen LogP contribution in [0.1, 0.15) is 38.3 Å². The summed E-state index contributed by atoms with van der Waals surface area (Å²) in [6.45, 7) is 4.95. The monoisotopic (exact) mass is 633 g/mol. The van der Waals surface area contributed by atoms with E-state index in [0.717, 1.165) is 22.3 Å². The van der Waals surface area contributed by atoms with Gasteiger partial charge in [-0.15, -0.1) is 0 Å². The fourth-order valence-corrected chi connectivity index (χ4v) is 5.00. The number of pyridine rings is 1. The van der Waals surface area contributed by atoms with Gasteiger partial charge in [-0.3, -0.25) is 14.6 Å². The van der Waals surface area contributed by atoms with E-state index in [2.05, 4.69) is 20.9 Å². The van der Waals surface area contributed by atoms with E-state index in [9.17, 15) is 24.3 Å². The fraction of sp³-hybridized carbons (Fsp3) is 0.382. The summed E-state index contributed by atoms with van der Waals surface area (Å²) in [6.07, 6.45) is 0.855. The van der Waals surface area contributed by atoms with Crippen LogP contribution in [0.15, 0.2) is 79.1 Å². The Balaban J connectivity index is 1.88. The third-order valence-corrected chi connectivity index (χ3v) is 7.39. The molecule has 0 unspecified atom stereocenters. The lowest BCUT2D eigenvalue weighted by molar-refractivity contribution is -0.126. The van der Waals surface area contributed by atoms with Gasteiger partial charge in [-0.2, -0.15) is 0 Å². The molecular formula is C34H43N5O7. The summed E-state index contributed by atoms with van der Waals surface area (Å²) < 4.78 is 4.74. The van der Waals surface area contributed by atoms with Crippen LogP contribution in [0, 0.1) is 5.41 Å². The molecular weight excluding hydrogens is 590 g/mol. The molecule has 3 rings (SSSR count). The SMILES string of the molecule is COC(=O)N[C@H](C(=O)N[C@@H](Cc1ccc(-c2cccnc2)cc1)C[C@H](O)[C@H](Cc1ccccc1)NC(=O)CNC(=O)O)C(C)(C)C. The molecule has 0 radical (unpaired) electrons. The summed E-state index contributed by atoms with van der Waals surface area (Å²) >= 11 is 0. The number of benzene rings is 2. The van der Waals surface area contributed by atoms with Crippen LogP contribution in [0.25, 0.3) is 11.1 Å². The lowest BCUT2D eigenvalue weighted by Gasteiger charge is -2.33. The second-order valence-electron chi connectivity index (χ2n) is 12.1. The number of aliphatic hydroxyl groups excluding tert-OH is 1. The van der Waals surface area contributed by atoms with Crippen molar-refractivity contribution in [1.29, 1.82) is 0 Å². The van der Waals surface area contributed by atoms with Crippen LogP contribution in [-0.2, 0) is 27.2 Å². The number of alkyl carbamates (subject to hydrolysis) is 1. The number of rotatable bonds is 14. The molecule has 246 valence electrons. The summed E-state index contributed by atoms with van der Waals surface area (Å²) in [5.74, 6) is -1.07. The minimum Gasteiger partial charge on any atom is -0.465 e. The van der Waals surface area contributed by atoms with Crippen molar-refractivity contribution < 1.29 is 34.1 Å². The molecule has 46 heavy (non-hydrogen) atoms. The number of hydrogen-bond acceptors (Lipinski definition) is 7. The zero-order valence-corrected chi connectivity index (χ0v) is 26.5. The van der Waals surface area contributed by atoms with Crippen molar-refractivity contribution in [3.8, 4) is 11.1 Å². The molecule has 0 aliphatic carbocycles. The van der Waals surface area contributed by atoms with Gasteiger partial charge in [0.1, 0.15) is 6.04 Å². The summed E-state index contributed by atoms with van der Waals surface area (Å²) in [4.78, 5) is 53.5. The van der Waals surface area contributed by atoms with Crippen LogP contribution in [0.3, 0.4) is 0 Å². The maximum absolute atomic E-state index is 13.6. The van der Waals surface area contributed by atoms with Crippen LogP contribution < -0.4 is 21.3 Å². The van der Waals surface area contributed by atoms with Crippen molar-refractivity contribution in [3.63, 3.8) is 0 Å². The molecule has 4 amide bonds. The zero-order valence-electron chi connectivity index (χ0n) is 26.5. The van der Waals surface area contributed by atoms with Crippen molar-refractivity contribution in [2.75, 3.05) is 13.7 Å². The Bertz CT molecular complexity index is 1430. The standard InChI is InChI=1S/C34H43N5O7/c1-34(2,3)30(39-33(45)46-4)31(42)37-26(17-23-12-14-24(15-13-23)25-11-8-16-35-20-25)19-28(40)27(18-22-9-6-5-7-10-22)38-29(41)21-36-32(43)44/h5-16,20,26-28,30,36,40H,17-19,21H2,1-4H3,(H,37,42)(H,38,41)(H,39,45)(H,43,44)/t26-,27-,28-,30+/m0/s1. The number of carbonyl (C=O) groups excluding carboxylic acids is 3. The van der Waals surface area contributed by atoms with E-state index in [4.69, 9.17) is 9.84 Å². The molecule has 0 bridgehead atoms. The smallest absolute Gasteiger partial charge is 0.407 e. The van der Waals surface area contributed by atoms with Crippen molar-refractivity contribution in [3.05, 3.63) is 90.3 Å². The molecule has 0 saturated carbocycles. The van der Waals surface area contributed by atoms with Crippen molar-refractivity contribution in [1.82, 2.24) is 26.3 Å². The summed E-state index contributed by atoms with van der Waals surface area (Å²) in [5.41, 5.74) is 2.97. The van der Waals surface area contributed by atoms with E-state index in [1.807, 2.05) is 92.8 Å². The fourth-order valence-electron chi connectivity index (χ4n) is 5.00. The van der Waals surface area contributed by atoms with Gasteiger partial charge in [0.25, 0.3) is 0 Å². The molecule has 2 aromatic carbocycles. The number of methoxy groups -OCH3 is 1. The Morgan fingerprint density at radius 1 is 0.848 bits per heavy atom. The highest BCUT2D eigenvalue weighted by Gasteiger charge is 2.35. The molecule has 0 aliphatic rings. The van der Waals surface area contributed by atoms with Gasteiger partial charge in [0.2, 0.25) is 11.8 Å². The van der Waals surface area contributed by atoms with Gasteiger partial charge in [-0.25, -0.2) is 9.59 Å². The van der Waals surface area contributed by atoms with Crippen LogP contribution in [0.2, 0.25) is 0 Å². The largest absolute Gasteiger partial charge is 0.465 e. The van der Waals surface area contributed by atoms with Gasteiger partial charge < -0.3 is 36.2 Å². The topological polar surface area (TPSA) is 179 Å². The third-order valence-electron chi connectivity index (χ3n) is 7.39. The maximum atomic E-state index is 13.6. The first-order valence-electron chi connectivity index (χ1n) is 15.0. The lowest BCUT2D eigenvalue weighted by atomic mass is 9.85. The Labute approximate surface area is 269 Å². The third kappa shape index (κ3) is 11.5. The lowest BCUT2D eigenvalue weighted by Crippen LogP contribution is -2.57. The van der Waals surface area contributed by atoms with E-state index in [1.54, 1.807) is 12.4 Å². The van der Waals surface area contributed by atoms with Crippen LogP contribution in [0.5, 0.6) is 0 Å².